The minimum atomic E-state index is -0.346. The van der Waals surface area contributed by atoms with Gasteiger partial charge in [0.15, 0.2) is 0 Å². The zero-order valence-electron chi connectivity index (χ0n) is 10.4. The zero-order valence-corrected chi connectivity index (χ0v) is 11.1. The summed E-state index contributed by atoms with van der Waals surface area (Å²) in [5, 5.41) is 0.142. The number of carbonyl (C=O) groups excluding carboxylic acids is 2. The molecular formula is C13H15ClN2O2. The molecule has 18 heavy (non-hydrogen) atoms. The third kappa shape index (κ3) is 2.38. The highest BCUT2D eigenvalue weighted by Gasteiger charge is 2.36. The number of hydrogen-bond acceptors (Lipinski definition) is 3. The molecule has 1 saturated heterocycles. The Labute approximate surface area is 111 Å². The van der Waals surface area contributed by atoms with Gasteiger partial charge in [-0.05, 0) is 24.0 Å². The number of halogens is 1. The van der Waals surface area contributed by atoms with Gasteiger partial charge in [-0.25, -0.2) is 4.98 Å². The van der Waals surface area contributed by atoms with Gasteiger partial charge >= 0.3 is 0 Å². The van der Waals surface area contributed by atoms with Crippen LogP contribution in [0.15, 0.2) is 18.3 Å². The van der Waals surface area contributed by atoms with E-state index in [4.69, 9.17) is 11.6 Å². The van der Waals surface area contributed by atoms with Gasteiger partial charge in [-0.2, -0.15) is 0 Å². The number of pyridine rings is 1. The van der Waals surface area contributed by atoms with Crippen LogP contribution in [0.1, 0.15) is 30.6 Å². The predicted molar refractivity (Wildman–Crippen MR) is 68.2 cm³/mol. The van der Waals surface area contributed by atoms with E-state index < -0.39 is 0 Å². The minimum absolute atomic E-state index is 0.126. The van der Waals surface area contributed by atoms with Crippen LogP contribution >= 0.6 is 11.6 Å². The highest BCUT2D eigenvalue weighted by Crippen LogP contribution is 2.27. The molecule has 5 heteroatoms. The normalized spacial score (nSPS) is 19.7. The predicted octanol–water partition coefficient (Wildman–Crippen LogP) is 2.38. The summed E-state index contributed by atoms with van der Waals surface area (Å²) in [6.45, 7) is 4.59. The monoisotopic (exact) mass is 266 g/mol. The fraction of sp³-hybridized carbons (Fsp3) is 0.462. The van der Waals surface area contributed by atoms with Crippen LogP contribution in [0.4, 0.5) is 0 Å². The lowest BCUT2D eigenvalue weighted by molar-refractivity contribution is -0.125. The lowest BCUT2D eigenvalue weighted by Gasteiger charge is -2.16. The first-order valence-corrected chi connectivity index (χ1v) is 6.33. The van der Waals surface area contributed by atoms with Crippen molar-refractivity contribution in [3.8, 4) is 0 Å². The first-order chi connectivity index (χ1) is 8.50. The summed E-state index contributed by atoms with van der Waals surface area (Å²) in [7, 11) is 0. The summed E-state index contributed by atoms with van der Waals surface area (Å²) in [5.41, 5.74) is 0.289. The first kappa shape index (κ1) is 13.0. The van der Waals surface area contributed by atoms with Gasteiger partial charge in [0.1, 0.15) is 5.15 Å². The molecule has 2 amide bonds. The molecule has 1 fully saturated rings. The summed E-state index contributed by atoms with van der Waals surface area (Å²) in [6, 6.07) is 3.23. The van der Waals surface area contributed by atoms with Gasteiger partial charge in [-0.1, -0.05) is 25.4 Å². The summed E-state index contributed by atoms with van der Waals surface area (Å²) in [5.74, 6) is 0.146. The van der Waals surface area contributed by atoms with E-state index in [1.54, 1.807) is 12.1 Å². The molecule has 4 nitrogen and oxygen atoms in total. The Hall–Kier alpha value is -1.42. The van der Waals surface area contributed by atoms with Crippen molar-refractivity contribution in [1.82, 2.24) is 9.88 Å². The molecule has 0 aliphatic carbocycles. The molecule has 1 aromatic rings. The molecule has 1 aliphatic rings. The molecule has 1 aliphatic heterocycles. The van der Waals surface area contributed by atoms with Gasteiger partial charge in [0, 0.05) is 19.2 Å². The molecule has 1 unspecified atom stereocenters. The average Bonchev–Trinajstić information content (AvgIpc) is 2.71. The Morgan fingerprint density at radius 3 is 2.83 bits per heavy atom. The number of hydrogen-bond donors (Lipinski definition) is 0. The Kier molecular flexibility index (Phi) is 3.66. The highest BCUT2D eigenvalue weighted by molar-refractivity contribution is 6.33. The van der Waals surface area contributed by atoms with E-state index in [-0.39, 0.29) is 28.4 Å². The summed E-state index contributed by atoms with van der Waals surface area (Å²) < 4.78 is 0. The molecule has 0 spiro atoms. The third-order valence-electron chi connectivity index (χ3n) is 3.33. The van der Waals surface area contributed by atoms with Crippen molar-refractivity contribution in [1.29, 1.82) is 0 Å². The third-order valence-corrected chi connectivity index (χ3v) is 3.63. The number of aromatic nitrogens is 1. The topological polar surface area (TPSA) is 50.3 Å². The fourth-order valence-corrected chi connectivity index (χ4v) is 2.27. The lowest BCUT2D eigenvalue weighted by atomic mass is 9.95. The van der Waals surface area contributed by atoms with Crippen molar-refractivity contribution in [3.63, 3.8) is 0 Å². The maximum atomic E-state index is 12.2. The summed E-state index contributed by atoms with van der Waals surface area (Å²) in [6.07, 6.45) is 1.95. The second-order valence-electron chi connectivity index (χ2n) is 4.86. The molecular weight excluding hydrogens is 252 g/mol. The standard InChI is InChI=1S/C13H15ClN2O2/c1-8(2)9-6-11(17)16(7-9)13(18)10-4-3-5-15-12(10)14/h3-5,8-9H,6-7H2,1-2H3. The van der Waals surface area contributed by atoms with E-state index in [1.807, 2.05) is 0 Å². The van der Waals surface area contributed by atoms with E-state index >= 15 is 0 Å². The van der Waals surface area contributed by atoms with E-state index in [1.165, 1.54) is 11.1 Å². The fourth-order valence-electron chi connectivity index (χ4n) is 2.07. The van der Waals surface area contributed by atoms with Crippen LogP contribution in [0.5, 0.6) is 0 Å². The van der Waals surface area contributed by atoms with Crippen molar-refractivity contribution in [2.24, 2.45) is 11.8 Å². The van der Waals surface area contributed by atoms with Crippen LogP contribution in [-0.2, 0) is 4.79 Å². The molecule has 1 aromatic heterocycles. The Balaban J connectivity index is 2.21. The van der Waals surface area contributed by atoms with E-state index in [9.17, 15) is 9.59 Å². The number of amides is 2. The first-order valence-electron chi connectivity index (χ1n) is 5.96. The molecule has 0 saturated carbocycles. The minimum Gasteiger partial charge on any atom is -0.278 e. The van der Waals surface area contributed by atoms with E-state index in [0.29, 0.717) is 18.9 Å². The number of carbonyl (C=O) groups is 2. The van der Waals surface area contributed by atoms with Gasteiger partial charge < -0.3 is 0 Å². The molecule has 2 rings (SSSR count). The van der Waals surface area contributed by atoms with E-state index in [2.05, 4.69) is 18.8 Å². The van der Waals surface area contributed by atoms with Crippen molar-refractivity contribution >= 4 is 23.4 Å². The maximum Gasteiger partial charge on any atom is 0.263 e. The van der Waals surface area contributed by atoms with Gasteiger partial charge in [0.2, 0.25) is 5.91 Å². The van der Waals surface area contributed by atoms with Crippen LogP contribution in [0, 0.1) is 11.8 Å². The van der Waals surface area contributed by atoms with Crippen molar-refractivity contribution in [2.45, 2.75) is 20.3 Å². The second kappa shape index (κ2) is 5.06. The van der Waals surface area contributed by atoms with Gasteiger partial charge in [0.05, 0.1) is 5.56 Å². The molecule has 96 valence electrons. The van der Waals surface area contributed by atoms with Crippen LogP contribution < -0.4 is 0 Å². The largest absolute Gasteiger partial charge is 0.278 e. The van der Waals surface area contributed by atoms with Crippen LogP contribution in [-0.4, -0.2) is 28.2 Å². The zero-order chi connectivity index (χ0) is 13.3. The van der Waals surface area contributed by atoms with Gasteiger partial charge in [0.25, 0.3) is 5.91 Å². The van der Waals surface area contributed by atoms with Gasteiger partial charge in [-0.15, -0.1) is 0 Å². The molecule has 2 heterocycles. The smallest absolute Gasteiger partial charge is 0.263 e. The molecule has 0 N–H and O–H groups in total. The van der Waals surface area contributed by atoms with E-state index in [0.717, 1.165) is 0 Å². The summed E-state index contributed by atoms with van der Waals surface area (Å²) >= 11 is 5.87. The van der Waals surface area contributed by atoms with Crippen LogP contribution in [0.25, 0.3) is 0 Å². The molecule has 0 aromatic carbocycles. The Bertz CT molecular complexity index is 488. The average molecular weight is 267 g/mol. The van der Waals surface area contributed by atoms with Crippen LogP contribution in [0.2, 0.25) is 5.15 Å². The quantitative estimate of drug-likeness (QED) is 0.610. The Morgan fingerprint density at radius 1 is 1.56 bits per heavy atom. The summed E-state index contributed by atoms with van der Waals surface area (Å²) in [4.78, 5) is 29.2. The molecule has 1 atom stereocenters. The maximum absolute atomic E-state index is 12.2. The second-order valence-corrected chi connectivity index (χ2v) is 5.22. The van der Waals surface area contributed by atoms with Gasteiger partial charge in [-0.3, -0.25) is 14.5 Å². The molecule has 0 radical (unpaired) electrons. The van der Waals surface area contributed by atoms with Crippen LogP contribution in [0.3, 0.4) is 0 Å². The lowest BCUT2D eigenvalue weighted by Crippen LogP contribution is -2.33. The Morgan fingerprint density at radius 2 is 2.28 bits per heavy atom. The number of nitrogens with zero attached hydrogens (tertiary/aromatic N) is 2. The number of rotatable bonds is 2. The molecule has 0 bridgehead atoms. The van der Waals surface area contributed by atoms with Crippen molar-refractivity contribution in [2.75, 3.05) is 6.54 Å². The number of imide groups is 1. The van der Waals surface area contributed by atoms with Crippen molar-refractivity contribution < 1.29 is 9.59 Å². The number of likely N-dealkylation sites (tertiary alicyclic amines) is 1. The SMILES string of the molecule is CC(C)C1CC(=O)N(C(=O)c2cccnc2Cl)C1. The van der Waals surface area contributed by atoms with Crippen molar-refractivity contribution in [3.05, 3.63) is 29.0 Å². The highest BCUT2D eigenvalue weighted by atomic mass is 35.5.